The number of nitrogens with one attached hydrogen (secondary N) is 2. The van der Waals surface area contributed by atoms with Gasteiger partial charge in [-0.1, -0.05) is 0 Å². The molecule has 3 atom stereocenters. The molecule has 2 bridgehead atoms. The first kappa shape index (κ1) is 27.6. The van der Waals surface area contributed by atoms with Crippen molar-refractivity contribution in [2.45, 2.75) is 58.7 Å². The molecule has 0 aromatic carbocycles. The molecule has 2 N–H and O–H groups in total. The second-order valence-electron chi connectivity index (χ2n) is 11.1. The topological polar surface area (TPSA) is 123 Å². The number of ether oxygens (including phenoxy) is 2. The van der Waals surface area contributed by atoms with Crippen LogP contribution in [0.4, 0.5) is 11.6 Å². The van der Waals surface area contributed by atoms with Crippen molar-refractivity contribution in [3.63, 3.8) is 0 Å². The summed E-state index contributed by atoms with van der Waals surface area (Å²) in [7, 11) is 1.61. The number of carbonyl (C=O) groups is 2. The Morgan fingerprint density at radius 2 is 1.81 bits per heavy atom. The average Bonchev–Trinajstić information content (AvgIpc) is 3.34. The van der Waals surface area contributed by atoms with Crippen molar-refractivity contribution >= 4 is 29.0 Å². The van der Waals surface area contributed by atoms with Crippen LogP contribution in [0.25, 0.3) is 16.6 Å². The summed E-state index contributed by atoms with van der Waals surface area (Å²) < 4.78 is 14.1. The Kier molecular flexibility index (Phi) is 7.28. The van der Waals surface area contributed by atoms with E-state index in [0.717, 1.165) is 46.5 Å². The highest BCUT2D eigenvalue weighted by molar-refractivity contribution is 5.96. The van der Waals surface area contributed by atoms with Crippen LogP contribution in [0.3, 0.4) is 0 Å². The van der Waals surface area contributed by atoms with Gasteiger partial charge in [-0.05, 0) is 56.2 Å². The Morgan fingerprint density at radius 1 is 1.05 bits per heavy atom. The van der Waals surface area contributed by atoms with Gasteiger partial charge in [-0.3, -0.25) is 14.6 Å². The third-order valence-electron chi connectivity index (χ3n) is 8.02. The highest BCUT2D eigenvalue weighted by Crippen LogP contribution is 2.36. The molecule has 1 unspecified atom stereocenters. The first-order valence-corrected chi connectivity index (χ1v) is 14.2. The lowest BCUT2D eigenvalue weighted by Gasteiger charge is -2.47. The van der Waals surface area contributed by atoms with Crippen LogP contribution in [-0.4, -0.2) is 74.7 Å². The minimum atomic E-state index is -0.155. The van der Waals surface area contributed by atoms with E-state index in [1.807, 2.05) is 56.1 Å². The number of hydrogen-bond acceptors (Lipinski definition) is 8. The largest absolute Gasteiger partial charge is 0.488 e. The second kappa shape index (κ2) is 11.1. The number of aromatic nitrogens is 4. The first-order valence-electron chi connectivity index (χ1n) is 14.2. The van der Waals surface area contributed by atoms with Crippen molar-refractivity contribution in [1.82, 2.24) is 29.8 Å². The van der Waals surface area contributed by atoms with Crippen LogP contribution < -0.4 is 15.4 Å². The number of carbonyl (C=O) groups excluding carboxylic acids is 2. The average molecular weight is 570 g/mol. The highest BCUT2D eigenvalue weighted by atomic mass is 16.5. The molecule has 0 spiro atoms. The zero-order chi connectivity index (χ0) is 29.5. The number of amides is 2. The van der Waals surface area contributed by atoms with Crippen molar-refractivity contribution in [2.24, 2.45) is 0 Å². The van der Waals surface area contributed by atoms with Crippen LogP contribution in [-0.2, 0) is 9.53 Å². The summed E-state index contributed by atoms with van der Waals surface area (Å²) in [4.78, 5) is 35.5. The molecule has 11 nitrogen and oxygen atoms in total. The Labute approximate surface area is 244 Å². The van der Waals surface area contributed by atoms with Crippen molar-refractivity contribution in [2.75, 3.05) is 25.6 Å². The van der Waals surface area contributed by atoms with E-state index in [0.29, 0.717) is 36.1 Å². The summed E-state index contributed by atoms with van der Waals surface area (Å²) in [5.74, 6) is 1.91. The van der Waals surface area contributed by atoms with Crippen LogP contribution in [0.5, 0.6) is 5.75 Å². The molecule has 2 fully saturated rings. The number of fused-ring (bicyclic) bond motifs is 3. The fourth-order valence-corrected chi connectivity index (χ4v) is 6.24. The number of morpholine rings is 1. The second-order valence-corrected chi connectivity index (χ2v) is 11.1. The molecule has 2 aliphatic heterocycles. The van der Waals surface area contributed by atoms with E-state index in [1.165, 1.54) is 0 Å². The zero-order valence-electron chi connectivity index (χ0n) is 24.5. The Hall–Kier alpha value is -4.51. The van der Waals surface area contributed by atoms with Gasteiger partial charge in [0.2, 0.25) is 5.91 Å². The quantitative estimate of drug-likeness (QED) is 0.358. The van der Waals surface area contributed by atoms with Crippen LogP contribution in [0.2, 0.25) is 0 Å². The molecule has 0 saturated carbocycles. The molecule has 42 heavy (non-hydrogen) atoms. The van der Waals surface area contributed by atoms with E-state index < -0.39 is 0 Å². The number of hydrogen-bond donors (Lipinski definition) is 2. The minimum absolute atomic E-state index is 0.0259. The molecule has 6 heterocycles. The summed E-state index contributed by atoms with van der Waals surface area (Å²) in [6.45, 7) is 8.38. The number of pyridine rings is 3. The molecule has 6 rings (SSSR count). The van der Waals surface area contributed by atoms with Crippen molar-refractivity contribution in [3.05, 3.63) is 65.2 Å². The molecular weight excluding hydrogens is 534 g/mol. The Balaban J connectivity index is 1.25. The molecule has 11 heteroatoms. The van der Waals surface area contributed by atoms with E-state index in [2.05, 4.69) is 31.8 Å². The standard InChI is InChI=1S/C31H35N7O4/c1-17-8-28(34-19(3)30(17)31(40)32-5)35-29-13-22-10-21(6-7-37(22)36-29)26-9-18(2)33-14-27(26)42-25-11-23-15-41-16-24(12-25)38(23)20(4)39/h6-10,13-14,23-25H,11-12,15-16H2,1-5H3,(H,32,40)(H,34,35,36)/t23-,24+,25?. The molecule has 4 aromatic rings. The highest BCUT2D eigenvalue weighted by Gasteiger charge is 2.41. The predicted molar refractivity (Wildman–Crippen MR) is 158 cm³/mol. The molecule has 0 aliphatic carbocycles. The van der Waals surface area contributed by atoms with Gasteiger partial charge >= 0.3 is 0 Å². The first-order chi connectivity index (χ1) is 20.2. The minimum Gasteiger partial charge on any atom is -0.488 e. The maximum atomic E-state index is 12.2. The zero-order valence-corrected chi connectivity index (χ0v) is 24.5. The Bertz CT molecular complexity index is 1650. The number of nitrogens with zero attached hydrogens (tertiary/aromatic N) is 5. The molecule has 2 aliphatic rings. The molecule has 2 saturated heterocycles. The van der Waals surface area contributed by atoms with Crippen molar-refractivity contribution in [1.29, 1.82) is 0 Å². The van der Waals surface area contributed by atoms with Gasteiger partial charge in [0.05, 0.1) is 48.3 Å². The predicted octanol–water partition coefficient (Wildman–Crippen LogP) is 3.98. The van der Waals surface area contributed by atoms with Gasteiger partial charge in [-0.15, -0.1) is 0 Å². The van der Waals surface area contributed by atoms with Gasteiger partial charge in [-0.2, -0.15) is 5.10 Å². The van der Waals surface area contributed by atoms with Gasteiger partial charge in [0.15, 0.2) is 5.82 Å². The van der Waals surface area contributed by atoms with E-state index in [4.69, 9.17) is 9.47 Å². The van der Waals surface area contributed by atoms with Crippen LogP contribution >= 0.6 is 0 Å². The van der Waals surface area contributed by atoms with Crippen molar-refractivity contribution in [3.8, 4) is 16.9 Å². The summed E-state index contributed by atoms with van der Waals surface area (Å²) in [5, 5.41) is 10.6. The summed E-state index contributed by atoms with van der Waals surface area (Å²) in [5.41, 5.74) is 5.78. The fourth-order valence-electron chi connectivity index (χ4n) is 6.24. The van der Waals surface area contributed by atoms with Gasteiger partial charge in [0.25, 0.3) is 5.91 Å². The summed E-state index contributed by atoms with van der Waals surface area (Å²) >= 11 is 0. The van der Waals surface area contributed by atoms with Gasteiger partial charge in [-0.25, -0.2) is 9.50 Å². The molecule has 4 aromatic heterocycles. The smallest absolute Gasteiger partial charge is 0.253 e. The monoisotopic (exact) mass is 569 g/mol. The van der Waals surface area contributed by atoms with Crippen LogP contribution in [0, 0.1) is 20.8 Å². The third kappa shape index (κ3) is 5.27. The van der Waals surface area contributed by atoms with Crippen molar-refractivity contribution < 1.29 is 19.1 Å². The lowest BCUT2D eigenvalue weighted by molar-refractivity contribution is -0.153. The normalized spacial score (nSPS) is 19.9. The van der Waals surface area contributed by atoms with Gasteiger partial charge in [0.1, 0.15) is 17.7 Å². The van der Waals surface area contributed by atoms with E-state index in [1.54, 1.807) is 24.7 Å². The van der Waals surface area contributed by atoms with E-state index >= 15 is 0 Å². The lowest BCUT2D eigenvalue weighted by Crippen LogP contribution is -2.60. The SMILES string of the molecule is CNC(=O)c1c(C)cc(Nc2cc3cc(-c4cc(C)ncc4OC4C[C@H]5COC[C@@H](C4)N5C(C)=O)ccn3n2)nc1C. The number of anilines is 2. The molecule has 0 radical (unpaired) electrons. The van der Waals surface area contributed by atoms with Crippen LogP contribution in [0.15, 0.2) is 42.7 Å². The fraction of sp³-hybridized carbons (Fsp3) is 0.387. The summed E-state index contributed by atoms with van der Waals surface area (Å²) in [6, 6.07) is 9.97. The van der Waals surface area contributed by atoms with E-state index in [9.17, 15) is 9.59 Å². The number of rotatable bonds is 6. The maximum Gasteiger partial charge on any atom is 0.253 e. The number of aryl methyl sites for hydroxylation is 3. The molecular formula is C31H35N7O4. The van der Waals surface area contributed by atoms with Gasteiger partial charge in [0, 0.05) is 50.3 Å². The lowest BCUT2D eigenvalue weighted by atomic mass is 9.91. The Morgan fingerprint density at radius 3 is 2.50 bits per heavy atom. The molecule has 2 amide bonds. The van der Waals surface area contributed by atoms with Crippen LogP contribution in [0.1, 0.15) is 47.1 Å². The summed E-state index contributed by atoms with van der Waals surface area (Å²) in [6.07, 6.45) is 5.11. The third-order valence-corrected chi connectivity index (χ3v) is 8.02. The number of piperidine rings is 1. The van der Waals surface area contributed by atoms with E-state index in [-0.39, 0.29) is 30.0 Å². The molecule has 218 valence electrons. The van der Waals surface area contributed by atoms with Gasteiger partial charge < -0.3 is 25.0 Å². The maximum absolute atomic E-state index is 12.2.